The van der Waals surface area contributed by atoms with Crippen LogP contribution in [0.25, 0.3) is 0 Å². The second kappa shape index (κ2) is 8.62. The monoisotopic (exact) mass is 381 g/mol. The molecule has 1 aromatic heterocycles. The molecule has 0 saturated carbocycles. The highest BCUT2D eigenvalue weighted by atomic mass is 35.5. The van der Waals surface area contributed by atoms with Gasteiger partial charge in [0.2, 0.25) is 0 Å². The largest absolute Gasteiger partial charge is 0.493 e. The fraction of sp³-hybridized carbons (Fsp3) is 0.333. The van der Waals surface area contributed by atoms with Crippen LogP contribution >= 0.6 is 11.6 Å². The lowest BCUT2D eigenvalue weighted by Gasteiger charge is -2.13. The molecular weight excluding hydrogens is 362 g/mol. The van der Waals surface area contributed by atoms with Gasteiger partial charge in [0.25, 0.3) is 5.91 Å². The summed E-state index contributed by atoms with van der Waals surface area (Å²) in [7, 11) is 2.76. The maximum Gasteiger partial charge on any atom is 0.341 e. The summed E-state index contributed by atoms with van der Waals surface area (Å²) in [6, 6.07) is 4.57. The van der Waals surface area contributed by atoms with Crippen LogP contribution in [-0.4, -0.2) is 32.7 Å². The van der Waals surface area contributed by atoms with Gasteiger partial charge in [-0.15, -0.1) is 0 Å². The van der Waals surface area contributed by atoms with Crippen LogP contribution in [0.3, 0.4) is 0 Å². The summed E-state index contributed by atoms with van der Waals surface area (Å²) in [6.45, 7) is 3.99. The van der Waals surface area contributed by atoms with E-state index in [1.54, 1.807) is 13.0 Å². The summed E-state index contributed by atoms with van der Waals surface area (Å²) >= 11 is 6.17. The predicted molar refractivity (Wildman–Crippen MR) is 95.1 cm³/mol. The Hall–Kier alpha value is -2.67. The van der Waals surface area contributed by atoms with E-state index in [1.807, 2.05) is 6.92 Å². The third-order valence-corrected chi connectivity index (χ3v) is 3.86. The van der Waals surface area contributed by atoms with Gasteiger partial charge in [-0.1, -0.05) is 11.6 Å². The highest BCUT2D eigenvalue weighted by molar-refractivity contribution is 6.32. The lowest BCUT2D eigenvalue weighted by Crippen LogP contribution is -2.22. The zero-order chi connectivity index (χ0) is 19.3. The number of aryl methyl sites for hydroxylation is 1. The Kier molecular flexibility index (Phi) is 6.52. The zero-order valence-electron chi connectivity index (χ0n) is 15.0. The van der Waals surface area contributed by atoms with Gasteiger partial charge in [-0.2, -0.15) is 0 Å². The van der Waals surface area contributed by atoms with Gasteiger partial charge in [-0.25, -0.2) is 4.79 Å². The van der Waals surface area contributed by atoms with Gasteiger partial charge in [-0.05, 0) is 32.0 Å². The molecule has 2 aromatic rings. The molecule has 0 aliphatic carbocycles. The smallest absolute Gasteiger partial charge is 0.341 e. The number of benzene rings is 1. The summed E-state index contributed by atoms with van der Waals surface area (Å²) in [6.07, 6.45) is 0. The number of hydrogen-bond acceptors (Lipinski definition) is 6. The van der Waals surface area contributed by atoms with Crippen molar-refractivity contribution in [3.8, 4) is 11.5 Å². The molecule has 8 heteroatoms. The third-order valence-electron chi connectivity index (χ3n) is 3.58. The first-order valence-electron chi connectivity index (χ1n) is 7.87. The van der Waals surface area contributed by atoms with Gasteiger partial charge >= 0.3 is 5.97 Å². The van der Waals surface area contributed by atoms with Crippen molar-refractivity contribution in [3.63, 3.8) is 0 Å². The van der Waals surface area contributed by atoms with Crippen LogP contribution in [0.5, 0.6) is 11.5 Å². The van der Waals surface area contributed by atoms with Crippen LogP contribution in [0.4, 0.5) is 0 Å². The summed E-state index contributed by atoms with van der Waals surface area (Å²) in [5, 5.41) is 2.98. The first-order chi connectivity index (χ1) is 12.4. The molecule has 0 fully saturated rings. The average molecular weight is 382 g/mol. The van der Waals surface area contributed by atoms with Gasteiger partial charge in [0.05, 0.1) is 32.4 Å². The molecule has 0 spiro atoms. The number of hydrogen-bond donors (Lipinski definition) is 1. The lowest BCUT2D eigenvalue weighted by molar-refractivity contribution is 0.0598. The molecule has 1 aromatic carbocycles. The molecule has 0 unspecified atom stereocenters. The van der Waals surface area contributed by atoms with Gasteiger partial charge in [0, 0.05) is 5.56 Å². The Morgan fingerprint density at radius 2 is 1.96 bits per heavy atom. The molecule has 7 nitrogen and oxygen atoms in total. The highest BCUT2D eigenvalue weighted by Crippen LogP contribution is 2.36. The van der Waals surface area contributed by atoms with Crippen LogP contribution in [0.1, 0.15) is 39.2 Å². The standard InChI is InChI=1S/C18H20ClNO6/c1-5-25-16-14(19)6-11(7-15(16)23-3)17(21)20-9-12-8-13(10(2)26-12)18(22)24-4/h6-8H,5,9H2,1-4H3,(H,20,21). The zero-order valence-corrected chi connectivity index (χ0v) is 15.7. The molecule has 0 aliphatic heterocycles. The number of ether oxygens (including phenoxy) is 3. The number of carbonyl (C=O) groups excluding carboxylic acids is 2. The van der Waals surface area contributed by atoms with Crippen molar-refractivity contribution in [1.29, 1.82) is 0 Å². The molecule has 1 amide bonds. The number of nitrogens with one attached hydrogen (secondary N) is 1. The van der Waals surface area contributed by atoms with Crippen molar-refractivity contribution in [1.82, 2.24) is 5.32 Å². The molecule has 0 saturated heterocycles. The number of amides is 1. The van der Waals surface area contributed by atoms with Crippen molar-refractivity contribution in [2.75, 3.05) is 20.8 Å². The van der Waals surface area contributed by atoms with E-state index in [0.29, 0.717) is 40.8 Å². The van der Waals surface area contributed by atoms with Crippen LogP contribution < -0.4 is 14.8 Å². The number of carbonyl (C=O) groups is 2. The minimum Gasteiger partial charge on any atom is -0.493 e. The van der Waals surface area contributed by atoms with Crippen LogP contribution in [0.2, 0.25) is 5.02 Å². The fourth-order valence-electron chi connectivity index (χ4n) is 2.35. The number of furan rings is 1. The molecule has 1 N–H and O–H groups in total. The molecule has 1 heterocycles. The van der Waals surface area contributed by atoms with E-state index in [9.17, 15) is 9.59 Å². The molecule has 0 atom stereocenters. The Balaban J connectivity index is 2.13. The number of esters is 1. The molecule has 0 bridgehead atoms. The molecule has 0 radical (unpaired) electrons. The van der Waals surface area contributed by atoms with Crippen molar-refractivity contribution in [2.24, 2.45) is 0 Å². The average Bonchev–Trinajstić information content (AvgIpc) is 3.01. The van der Waals surface area contributed by atoms with E-state index in [0.717, 1.165) is 0 Å². The van der Waals surface area contributed by atoms with Gasteiger partial charge in [-0.3, -0.25) is 4.79 Å². The summed E-state index contributed by atoms with van der Waals surface area (Å²) < 4.78 is 20.8. The van der Waals surface area contributed by atoms with Crippen molar-refractivity contribution in [3.05, 3.63) is 45.9 Å². The highest BCUT2D eigenvalue weighted by Gasteiger charge is 2.18. The van der Waals surface area contributed by atoms with Gasteiger partial charge in [0.15, 0.2) is 11.5 Å². The first-order valence-corrected chi connectivity index (χ1v) is 8.25. The van der Waals surface area contributed by atoms with E-state index < -0.39 is 5.97 Å². The van der Waals surface area contributed by atoms with E-state index >= 15 is 0 Å². The van der Waals surface area contributed by atoms with Gasteiger partial charge < -0.3 is 23.9 Å². The predicted octanol–water partition coefficient (Wildman–Crippen LogP) is 3.37. The van der Waals surface area contributed by atoms with Crippen molar-refractivity contribution < 1.29 is 28.2 Å². The normalized spacial score (nSPS) is 10.3. The molecule has 0 aliphatic rings. The molecule has 26 heavy (non-hydrogen) atoms. The maximum atomic E-state index is 12.4. The SMILES string of the molecule is CCOc1c(Cl)cc(C(=O)NCc2cc(C(=O)OC)c(C)o2)cc1OC. The number of halogens is 1. The maximum absolute atomic E-state index is 12.4. The summed E-state index contributed by atoms with van der Waals surface area (Å²) in [5.41, 5.74) is 0.634. The summed E-state index contributed by atoms with van der Waals surface area (Å²) in [4.78, 5) is 24.0. The van der Waals surface area contributed by atoms with E-state index in [-0.39, 0.29) is 17.5 Å². The van der Waals surface area contributed by atoms with E-state index in [4.69, 9.17) is 25.5 Å². The Bertz CT molecular complexity index is 814. The quantitative estimate of drug-likeness (QED) is 0.740. The van der Waals surface area contributed by atoms with Crippen molar-refractivity contribution in [2.45, 2.75) is 20.4 Å². The van der Waals surface area contributed by atoms with E-state index in [1.165, 1.54) is 26.4 Å². The first kappa shape index (κ1) is 19.7. The van der Waals surface area contributed by atoms with Crippen LogP contribution in [0, 0.1) is 6.92 Å². The fourth-order valence-corrected chi connectivity index (χ4v) is 2.61. The van der Waals surface area contributed by atoms with Crippen molar-refractivity contribution >= 4 is 23.5 Å². The molecular formula is C18H20ClNO6. The number of methoxy groups -OCH3 is 2. The second-order valence-electron chi connectivity index (χ2n) is 5.28. The van der Waals surface area contributed by atoms with Crippen LogP contribution in [-0.2, 0) is 11.3 Å². The Morgan fingerprint density at radius 1 is 1.23 bits per heavy atom. The van der Waals surface area contributed by atoms with Crippen LogP contribution in [0.15, 0.2) is 22.6 Å². The lowest BCUT2D eigenvalue weighted by atomic mass is 10.2. The Morgan fingerprint density at radius 3 is 2.58 bits per heavy atom. The third kappa shape index (κ3) is 4.29. The van der Waals surface area contributed by atoms with Gasteiger partial charge in [0.1, 0.15) is 17.1 Å². The minimum atomic E-state index is -0.494. The van der Waals surface area contributed by atoms with E-state index in [2.05, 4.69) is 10.1 Å². The molecule has 140 valence electrons. The summed E-state index contributed by atoms with van der Waals surface area (Å²) in [5.74, 6) is 0.741. The minimum absolute atomic E-state index is 0.101. The second-order valence-corrected chi connectivity index (χ2v) is 5.69. The topological polar surface area (TPSA) is 87.0 Å². The number of rotatable bonds is 7. The molecule has 2 rings (SSSR count). The Labute approximate surface area is 156 Å².